The zero-order chi connectivity index (χ0) is 26.5. The number of nitrogens with zero attached hydrogens (tertiary/aromatic N) is 1. The molecule has 37 heavy (non-hydrogen) atoms. The van der Waals surface area contributed by atoms with Crippen LogP contribution in [0.2, 0.25) is 0 Å². The summed E-state index contributed by atoms with van der Waals surface area (Å²) in [5.74, 6) is 5.88. The minimum absolute atomic E-state index is 0.0152. The summed E-state index contributed by atoms with van der Waals surface area (Å²) in [4.78, 5) is 14.6. The molecule has 5 aliphatic carbocycles. The van der Waals surface area contributed by atoms with Crippen molar-refractivity contribution in [2.24, 2.45) is 34.5 Å². The van der Waals surface area contributed by atoms with Crippen LogP contribution in [0.3, 0.4) is 0 Å². The number of hydrogen-bond acceptors (Lipinski definition) is 3. The van der Waals surface area contributed by atoms with Gasteiger partial charge in [0.2, 0.25) is 0 Å². The maximum Gasteiger partial charge on any atom is 0.155 e. The fourth-order valence-corrected chi connectivity index (χ4v) is 8.55. The van der Waals surface area contributed by atoms with Crippen LogP contribution in [0.1, 0.15) is 97.0 Å². The zero-order valence-corrected chi connectivity index (χ0v) is 23.7. The Morgan fingerprint density at radius 3 is 2.35 bits per heavy atom. The van der Waals surface area contributed by atoms with Crippen molar-refractivity contribution in [1.29, 1.82) is 0 Å². The zero-order valence-electron chi connectivity index (χ0n) is 23.7. The van der Waals surface area contributed by atoms with Crippen molar-refractivity contribution in [3.8, 4) is 12.3 Å². The van der Waals surface area contributed by atoms with E-state index in [4.69, 9.17) is 6.42 Å². The van der Waals surface area contributed by atoms with Gasteiger partial charge in [0.15, 0.2) is 5.78 Å². The average molecular weight is 502 g/mol. The van der Waals surface area contributed by atoms with Crippen LogP contribution in [0.4, 0.5) is 5.69 Å². The number of carbonyl (C=O) groups excluding carboxylic acids is 1. The molecule has 3 heteroatoms. The van der Waals surface area contributed by atoms with Gasteiger partial charge in [-0.25, -0.2) is 0 Å². The van der Waals surface area contributed by atoms with Gasteiger partial charge in [0.05, 0.1) is 6.10 Å². The third kappa shape index (κ3) is 4.69. The van der Waals surface area contributed by atoms with Crippen LogP contribution >= 0.6 is 0 Å². The lowest BCUT2D eigenvalue weighted by atomic mass is 9.44. The Hall–Kier alpha value is -2.05. The lowest BCUT2D eigenvalue weighted by molar-refractivity contribution is -0.118. The molecule has 6 rings (SSSR count). The van der Waals surface area contributed by atoms with E-state index in [1.165, 1.54) is 36.1 Å². The third-order valence-electron chi connectivity index (χ3n) is 11.2. The number of benzene rings is 1. The van der Waals surface area contributed by atoms with E-state index in [0.29, 0.717) is 47.8 Å². The largest absolute Gasteiger partial charge is 0.393 e. The molecule has 0 radical (unpaired) electrons. The van der Waals surface area contributed by atoms with E-state index in [0.717, 1.165) is 32.1 Å². The molecule has 0 heterocycles. The summed E-state index contributed by atoms with van der Waals surface area (Å²) in [6.45, 7) is 9.29. The van der Waals surface area contributed by atoms with Gasteiger partial charge in [-0.3, -0.25) is 4.79 Å². The molecule has 1 N–H and O–H groups in total. The highest BCUT2D eigenvalue weighted by Gasteiger charge is 2.62. The summed E-state index contributed by atoms with van der Waals surface area (Å²) in [6.07, 6.45) is 16.5. The van der Waals surface area contributed by atoms with Crippen LogP contribution in [0.25, 0.3) is 0 Å². The summed E-state index contributed by atoms with van der Waals surface area (Å²) in [7, 11) is 2.16. The molecule has 0 amide bonds. The van der Waals surface area contributed by atoms with Gasteiger partial charge in [-0.15, -0.1) is 12.3 Å². The molecule has 7 unspecified atom stereocenters. The van der Waals surface area contributed by atoms with Crippen molar-refractivity contribution < 1.29 is 9.90 Å². The summed E-state index contributed by atoms with van der Waals surface area (Å²) in [6, 6.07) is 9.76. The molecule has 3 nitrogen and oxygen atoms in total. The van der Waals surface area contributed by atoms with E-state index in [2.05, 4.69) is 69.8 Å². The second-order valence-electron chi connectivity index (χ2n) is 13.5. The summed E-state index contributed by atoms with van der Waals surface area (Å²) < 4.78 is 0. The topological polar surface area (TPSA) is 40.5 Å². The standard InChI is InChI=1S/C29H41NO2.C5H6/c1-18(2)30(5)21-9-6-19(7-10-21)24-17-29(4)25(12-13-26(29)32)23-11-8-20-16-22(31)14-15-28(20,3)27(23)24;1-2-5-3-4-5/h6-7,9-10,16,18,23-27,32H,8,11-15,17H2,1-5H3;1,5H,3-4H2. The predicted molar refractivity (Wildman–Crippen MR) is 152 cm³/mol. The maximum atomic E-state index is 12.3. The molecule has 0 saturated heterocycles. The first-order chi connectivity index (χ1) is 17.6. The number of hydrogen-bond donors (Lipinski definition) is 1. The quantitative estimate of drug-likeness (QED) is 0.447. The molecular formula is C34H47NO2. The van der Waals surface area contributed by atoms with Crippen LogP contribution in [-0.4, -0.2) is 30.1 Å². The fraction of sp³-hybridized carbons (Fsp3) is 0.676. The highest BCUT2D eigenvalue weighted by molar-refractivity contribution is 5.91. The van der Waals surface area contributed by atoms with Crippen molar-refractivity contribution >= 4 is 11.5 Å². The Morgan fingerprint density at radius 1 is 1.05 bits per heavy atom. The molecule has 200 valence electrons. The lowest BCUT2D eigenvalue weighted by Gasteiger charge is -2.61. The van der Waals surface area contributed by atoms with E-state index in [1.807, 2.05) is 6.08 Å². The number of aliphatic hydroxyl groups excluding tert-OH is 1. The summed E-state index contributed by atoms with van der Waals surface area (Å²) >= 11 is 0. The Kier molecular flexibility index (Phi) is 7.12. The molecule has 4 fully saturated rings. The molecule has 0 spiro atoms. The number of carbonyl (C=O) groups is 1. The number of rotatable bonds is 3. The molecule has 7 atom stereocenters. The molecule has 0 bridgehead atoms. The minimum Gasteiger partial charge on any atom is -0.393 e. The van der Waals surface area contributed by atoms with Gasteiger partial charge in [-0.2, -0.15) is 0 Å². The van der Waals surface area contributed by atoms with Crippen molar-refractivity contribution in [2.45, 2.75) is 104 Å². The Balaban J connectivity index is 0.000000503. The van der Waals surface area contributed by atoms with Crippen molar-refractivity contribution in [2.75, 3.05) is 11.9 Å². The SMILES string of the molecule is C#CC1CC1.CC(C)N(C)c1ccc(C2CC3(C)C(O)CCC3C3CCC4=CC(=O)CCC4(C)C23)cc1. The van der Waals surface area contributed by atoms with E-state index in [9.17, 15) is 9.90 Å². The summed E-state index contributed by atoms with van der Waals surface area (Å²) in [5.41, 5.74) is 4.24. The molecule has 0 aromatic heterocycles. The Morgan fingerprint density at radius 2 is 1.76 bits per heavy atom. The average Bonchev–Trinajstić information content (AvgIpc) is 3.68. The Bertz CT molecular complexity index is 1080. The second-order valence-corrected chi connectivity index (χ2v) is 13.5. The predicted octanol–water partition coefficient (Wildman–Crippen LogP) is 7.15. The van der Waals surface area contributed by atoms with Crippen molar-refractivity contribution in [3.05, 3.63) is 41.5 Å². The summed E-state index contributed by atoms with van der Waals surface area (Å²) in [5, 5.41) is 11.1. The van der Waals surface area contributed by atoms with Crippen LogP contribution in [0.5, 0.6) is 0 Å². The van der Waals surface area contributed by atoms with Gasteiger partial charge in [0.1, 0.15) is 0 Å². The highest BCUT2D eigenvalue weighted by Crippen LogP contribution is 2.68. The number of ketones is 1. The molecule has 1 aromatic rings. The van der Waals surface area contributed by atoms with E-state index < -0.39 is 0 Å². The number of allylic oxidation sites excluding steroid dienone is 1. The van der Waals surface area contributed by atoms with Gasteiger partial charge in [-0.05, 0) is 123 Å². The van der Waals surface area contributed by atoms with Crippen molar-refractivity contribution in [3.63, 3.8) is 0 Å². The van der Waals surface area contributed by atoms with Gasteiger partial charge in [-0.1, -0.05) is 31.6 Å². The molecule has 1 aromatic carbocycles. The van der Waals surface area contributed by atoms with E-state index in [-0.39, 0.29) is 16.9 Å². The van der Waals surface area contributed by atoms with Gasteiger partial charge in [0, 0.05) is 31.1 Å². The molecule has 5 aliphatic rings. The number of anilines is 1. The highest BCUT2D eigenvalue weighted by atomic mass is 16.3. The van der Waals surface area contributed by atoms with Gasteiger partial charge in [0.25, 0.3) is 0 Å². The van der Waals surface area contributed by atoms with Gasteiger partial charge < -0.3 is 10.0 Å². The molecule has 4 saturated carbocycles. The fourth-order valence-electron chi connectivity index (χ4n) is 8.55. The lowest BCUT2D eigenvalue weighted by Crippen LogP contribution is -2.54. The molecule has 0 aliphatic heterocycles. The van der Waals surface area contributed by atoms with Crippen molar-refractivity contribution in [1.82, 2.24) is 0 Å². The smallest absolute Gasteiger partial charge is 0.155 e. The van der Waals surface area contributed by atoms with Gasteiger partial charge >= 0.3 is 0 Å². The number of fused-ring (bicyclic) bond motifs is 5. The third-order valence-corrected chi connectivity index (χ3v) is 11.2. The monoisotopic (exact) mass is 501 g/mol. The van der Waals surface area contributed by atoms with Crippen LogP contribution < -0.4 is 4.90 Å². The van der Waals surface area contributed by atoms with Crippen LogP contribution in [0, 0.1) is 46.8 Å². The first-order valence-electron chi connectivity index (χ1n) is 14.8. The first-order valence-corrected chi connectivity index (χ1v) is 14.8. The van der Waals surface area contributed by atoms with Crippen LogP contribution in [0.15, 0.2) is 35.9 Å². The van der Waals surface area contributed by atoms with E-state index in [1.54, 1.807) is 0 Å². The first kappa shape index (κ1) is 26.6. The molecular weight excluding hydrogens is 454 g/mol. The minimum atomic E-state index is -0.181. The number of terminal acetylenes is 1. The van der Waals surface area contributed by atoms with Crippen LogP contribution in [-0.2, 0) is 4.79 Å². The second kappa shape index (κ2) is 9.92. The Labute approximate surface area is 225 Å². The normalized spacial score (nSPS) is 38.4. The number of aliphatic hydroxyl groups is 1. The van der Waals surface area contributed by atoms with E-state index >= 15 is 0 Å². The maximum absolute atomic E-state index is 12.3.